The molecule has 0 aliphatic carbocycles. The average molecular weight is 436 g/mol. The minimum atomic E-state index is -0.416. The first-order valence-corrected chi connectivity index (χ1v) is 11.1. The van der Waals surface area contributed by atoms with Gasteiger partial charge in [-0.1, -0.05) is 54.6 Å². The molecule has 0 heterocycles. The Morgan fingerprint density at radius 3 is 2.42 bits per heavy atom. The first-order chi connectivity index (χ1) is 15.0. The number of fused-ring (bicyclic) bond motifs is 1. The van der Waals surface area contributed by atoms with Gasteiger partial charge >= 0.3 is 5.97 Å². The number of aryl methyl sites for hydroxylation is 1. The van der Waals surface area contributed by atoms with Crippen LogP contribution >= 0.6 is 11.8 Å². The minimum absolute atomic E-state index is 0.0360. The molecule has 3 rings (SSSR count). The lowest BCUT2D eigenvalue weighted by Gasteiger charge is -2.07. The Morgan fingerprint density at radius 1 is 0.935 bits per heavy atom. The van der Waals surface area contributed by atoms with Crippen molar-refractivity contribution in [2.24, 2.45) is 0 Å². The summed E-state index contributed by atoms with van der Waals surface area (Å²) in [7, 11) is 0. The lowest BCUT2D eigenvalue weighted by Crippen LogP contribution is -2.21. The van der Waals surface area contributed by atoms with Crippen LogP contribution in [0.3, 0.4) is 0 Å². The molecular weight excluding hydrogens is 410 g/mol. The topological polar surface area (TPSA) is 72.5 Å². The van der Waals surface area contributed by atoms with Crippen LogP contribution in [0.2, 0.25) is 0 Å². The van der Waals surface area contributed by atoms with Crippen molar-refractivity contribution in [1.29, 1.82) is 0 Å². The van der Waals surface area contributed by atoms with E-state index in [1.54, 1.807) is 12.1 Å². The smallest absolute Gasteiger partial charge is 0.316 e. The summed E-state index contributed by atoms with van der Waals surface area (Å²) in [5.74, 6) is -0.528. The van der Waals surface area contributed by atoms with Crippen LogP contribution in [0.5, 0.6) is 0 Å². The van der Waals surface area contributed by atoms with Gasteiger partial charge < -0.3 is 10.1 Å². The molecule has 1 amide bonds. The molecule has 0 unspecified atom stereocenters. The molecular formula is C25H25NO4S. The second-order valence-electron chi connectivity index (χ2n) is 7.16. The van der Waals surface area contributed by atoms with Crippen molar-refractivity contribution in [1.82, 2.24) is 5.32 Å². The standard InChI is InChI=1S/C25H25NO4S/c1-18(27)26-14-4-5-19-8-10-21(11-9-19)24(28)16-30-25(29)17-31-23-13-12-20-6-2-3-7-22(20)15-23/h2-3,6-13,15H,4-5,14,16-17H2,1H3,(H,26,27). The number of carbonyl (C=O) groups is 3. The summed E-state index contributed by atoms with van der Waals surface area (Å²) in [6.45, 7) is 1.86. The Morgan fingerprint density at radius 2 is 1.68 bits per heavy atom. The second kappa shape index (κ2) is 11.3. The van der Waals surface area contributed by atoms with Gasteiger partial charge in [0.15, 0.2) is 12.4 Å². The molecule has 6 heteroatoms. The van der Waals surface area contributed by atoms with Crippen molar-refractivity contribution in [2.75, 3.05) is 18.9 Å². The highest BCUT2D eigenvalue weighted by molar-refractivity contribution is 8.00. The van der Waals surface area contributed by atoms with Crippen LogP contribution in [-0.2, 0) is 20.7 Å². The number of benzene rings is 3. The summed E-state index contributed by atoms with van der Waals surface area (Å²) in [6.07, 6.45) is 1.65. The number of esters is 1. The van der Waals surface area contributed by atoms with E-state index in [9.17, 15) is 14.4 Å². The monoisotopic (exact) mass is 435 g/mol. The van der Waals surface area contributed by atoms with Crippen LogP contribution in [0.4, 0.5) is 0 Å². The van der Waals surface area contributed by atoms with Crippen molar-refractivity contribution in [3.63, 3.8) is 0 Å². The number of thioether (sulfide) groups is 1. The third kappa shape index (κ3) is 7.26. The van der Waals surface area contributed by atoms with E-state index >= 15 is 0 Å². The maximum absolute atomic E-state index is 12.3. The van der Waals surface area contributed by atoms with Crippen molar-refractivity contribution >= 4 is 40.2 Å². The van der Waals surface area contributed by atoms with Gasteiger partial charge in [-0.2, -0.15) is 0 Å². The molecule has 1 N–H and O–H groups in total. The predicted octanol–water partition coefficient (Wildman–Crippen LogP) is 4.43. The number of carbonyl (C=O) groups excluding carboxylic acids is 3. The zero-order valence-electron chi connectivity index (χ0n) is 17.4. The molecule has 0 atom stereocenters. The van der Waals surface area contributed by atoms with Crippen molar-refractivity contribution in [2.45, 2.75) is 24.7 Å². The van der Waals surface area contributed by atoms with E-state index in [1.807, 2.05) is 54.6 Å². The van der Waals surface area contributed by atoms with E-state index < -0.39 is 5.97 Å². The maximum atomic E-state index is 12.3. The van der Waals surface area contributed by atoms with Gasteiger partial charge in [-0.25, -0.2) is 0 Å². The molecule has 31 heavy (non-hydrogen) atoms. The van der Waals surface area contributed by atoms with Gasteiger partial charge in [0.1, 0.15) is 0 Å². The largest absolute Gasteiger partial charge is 0.457 e. The SMILES string of the molecule is CC(=O)NCCCc1ccc(C(=O)COC(=O)CSc2ccc3ccccc3c2)cc1. The van der Waals surface area contributed by atoms with Gasteiger partial charge in [-0.15, -0.1) is 11.8 Å². The van der Waals surface area contributed by atoms with Gasteiger partial charge in [0.25, 0.3) is 0 Å². The molecule has 5 nitrogen and oxygen atoms in total. The molecule has 160 valence electrons. The molecule has 0 radical (unpaired) electrons. The van der Waals surface area contributed by atoms with Gasteiger partial charge in [0, 0.05) is 23.9 Å². The fourth-order valence-electron chi connectivity index (χ4n) is 3.08. The van der Waals surface area contributed by atoms with E-state index in [4.69, 9.17) is 4.74 Å². The Bertz CT molecular complexity index is 1060. The molecule has 0 aliphatic rings. The normalized spacial score (nSPS) is 10.6. The van der Waals surface area contributed by atoms with Gasteiger partial charge in [-0.05, 0) is 41.3 Å². The molecule has 0 bridgehead atoms. The molecule has 0 saturated heterocycles. The number of ketones is 1. The highest BCUT2D eigenvalue weighted by atomic mass is 32.2. The van der Waals surface area contributed by atoms with Crippen LogP contribution in [0.1, 0.15) is 29.3 Å². The fraction of sp³-hybridized carbons (Fsp3) is 0.240. The summed E-state index contributed by atoms with van der Waals surface area (Å²) < 4.78 is 5.15. The molecule has 3 aromatic rings. The quantitative estimate of drug-likeness (QED) is 0.221. The highest BCUT2D eigenvalue weighted by Gasteiger charge is 2.11. The lowest BCUT2D eigenvalue weighted by atomic mass is 10.1. The third-order valence-corrected chi connectivity index (χ3v) is 5.70. The van der Waals surface area contributed by atoms with Crippen LogP contribution < -0.4 is 5.32 Å². The Kier molecular flexibility index (Phi) is 8.24. The van der Waals surface area contributed by atoms with E-state index in [0.29, 0.717) is 12.1 Å². The number of nitrogens with one attached hydrogen (secondary N) is 1. The van der Waals surface area contributed by atoms with Crippen molar-refractivity contribution in [3.05, 3.63) is 77.9 Å². The van der Waals surface area contributed by atoms with Crippen molar-refractivity contribution < 1.29 is 19.1 Å². The van der Waals surface area contributed by atoms with E-state index in [1.165, 1.54) is 18.7 Å². The molecule has 0 fully saturated rings. The third-order valence-electron chi connectivity index (χ3n) is 4.73. The van der Waals surface area contributed by atoms with Gasteiger partial charge in [0.05, 0.1) is 5.75 Å². The van der Waals surface area contributed by atoms with E-state index in [2.05, 4.69) is 5.32 Å². The predicted molar refractivity (Wildman–Crippen MR) is 123 cm³/mol. The number of hydrogen-bond acceptors (Lipinski definition) is 5. The minimum Gasteiger partial charge on any atom is -0.457 e. The lowest BCUT2D eigenvalue weighted by molar-refractivity contribution is -0.139. The summed E-state index contributed by atoms with van der Waals surface area (Å²) in [4.78, 5) is 36.2. The first-order valence-electron chi connectivity index (χ1n) is 10.1. The average Bonchev–Trinajstić information content (AvgIpc) is 2.79. The van der Waals surface area contributed by atoms with Gasteiger partial charge in [-0.3, -0.25) is 14.4 Å². The molecule has 0 aliphatic heterocycles. The van der Waals surface area contributed by atoms with Crippen molar-refractivity contribution in [3.8, 4) is 0 Å². The molecule has 0 spiro atoms. The van der Waals surface area contributed by atoms with Crippen LogP contribution in [0, 0.1) is 0 Å². The molecule has 3 aromatic carbocycles. The fourth-order valence-corrected chi connectivity index (χ4v) is 3.83. The number of hydrogen-bond donors (Lipinski definition) is 1. The summed E-state index contributed by atoms with van der Waals surface area (Å²) >= 11 is 1.39. The van der Waals surface area contributed by atoms with E-state index in [0.717, 1.165) is 34.1 Å². The zero-order valence-corrected chi connectivity index (χ0v) is 18.2. The first kappa shape index (κ1) is 22.6. The van der Waals surface area contributed by atoms with Gasteiger partial charge in [0.2, 0.25) is 5.91 Å². The summed E-state index contributed by atoms with van der Waals surface area (Å²) in [5, 5.41) is 5.03. The summed E-state index contributed by atoms with van der Waals surface area (Å²) in [5.41, 5.74) is 1.60. The second-order valence-corrected chi connectivity index (χ2v) is 8.21. The van der Waals surface area contributed by atoms with Crippen LogP contribution in [-0.4, -0.2) is 36.6 Å². The molecule has 0 saturated carbocycles. The Hall–Kier alpha value is -3.12. The zero-order chi connectivity index (χ0) is 22.1. The van der Waals surface area contributed by atoms with Crippen LogP contribution in [0.15, 0.2) is 71.6 Å². The van der Waals surface area contributed by atoms with E-state index in [-0.39, 0.29) is 24.1 Å². The summed E-state index contributed by atoms with van der Waals surface area (Å²) in [6, 6.07) is 21.3. The Balaban J connectivity index is 1.41. The molecule has 0 aromatic heterocycles. The number of ether oxygens (including phenoxy) is 1. The number of rotatable bonds is 10. The Labute approximate surface area is 186 Å². The van der Waals surface area contributed by atoms with Crippen LogP contribution in [0.25, 0.3) is 10.8 Å². The highest BCUT2D eigenvalue weighted by Crippen LogP contribution is 2.23. The maximum Gasteiger partial charge on any atom is 0.316 e. The number of Topliss-reactive ketones (excluding diaryl/α,β-unsaturated/α-hetero) is 1. The number of amides is 1.